The largest absolute Gasteiger partial charge is 0.326 e. The van der Waals surface area contributed by atoms with Crippen molar-refractivity contribution in [1.82, 2.24) is 10.6 Å². The molecule has 0 radical (unpaired) electrons. The van der Waals surface area contributed by atoms with Crippen LogP contribution >= 0.6 is 0 Å². The zero-order chi connectivity index (χ0) is 14.7. The van der Waals surface area contributed by atoms with Gasteiger partial charge in [-0.1, -0.05) is 13.8 Å². The summed E-state index contributed by atoms with van der Waals surface area (Å²) in [6.45, 7) is 4.61. The lowest BCUT2D eigenvalue weighted by Crippen LogP contribution is -2.27. The lowest BCUT2D eigenvalue weighted by atomic mass is 10.1. The van der Waals surface area contributed by atoms with Crippen molar-refractivity contribution in [2.45, 2.75) is 26.3 Å². The van der Waals surface area contributed by atoms with Crippen molar-refractivity contribution < 1.29 is 14.4 Å². The van der Waals surface area contributed by atoms with Gasteiger partial charge in [0.25, 0.3) is 11.8 Å². The van der Waals surface area contributed by atoms with E-state index in [1.54, 1.807) is 6.07 Å². The summed E-state index contributed by atoms with van der Waals surface area (Å²) in [5.41, 5.74) is 1.16. The van der Waals surface area contributed by atoms with Gasteiger partial charge in [0, 0.05) is 24.7 Å². The minimum Gasteiger partial charge on any atom is -0.326 e. The number of fused-ring (bicyclic) bond motifs is 1. The molecule has 0 spiro atoms. The van der Waals surface area contributed by atoms with Crippen LogP contribution in [0.2, 0.25) is 0 Å². The van der Waals surface area contributed by atoms with Crippen molar-refractivity contribution in [2.24, 2.45) is 0 Å². The highest BCUT2D eigenvalue weighted by Gasteiger charge is 2.26. The number of anilines is 1. The number of hydrogen-bond acceptors (Lipinski definition) is 4. The van der Waals surface area contributed by atoms with Gasteiger partial charge in [-0.2, -0.15) is 0 Å². The van der Waals surface area contributed by atoms with Gasteiger partial charge in [0.15, 0.2) is 0 Å². The van der Waals surface area contributed by atoms with E-state index in [1.807, 2.05) is 13.8 Å². The van der Waals surface area contributed by atoms with E-state index in [0.717, 1.165) is 0 Å². The maximum Gasteiger partial charge on any atom is 0.259 e. The molecule has 1 aromatic carbocycles. The van der Waals surface area contributed by atoms with Gasteiger partial charge in [0.05, 0.1) is 11.1 Å². The highest BCUT2D eigenvalue weighted by molar-refractivity contribution is 6.22. The molecule has 1 aliphatic heterocycles. The normalized spacial score (nSPS) is 13.3. The maximum atomic E-state index is 11.7. The molecule has 1 aromatic rings. The average molecular weight is 275 g/mol. The molecule has 0 fully saturated rings. The number of nitrogens with one attached hydrogen (secondary N) is 3. The van der Waals surface area contributed by atoms with Gasteiger partial charge in [0.2, 0.25) is 5.91 Å². The molecule has 1 heterocycles. The monoisotopic (exact) mass is 275 g/mol. The Morgan fingerprint density at radius 2 is 1.90 bits per heavy atom. The van der Waals surface area contributed by atoms with Gasteiger partial charge in [-0.05, 0) is 18.2 Å². The predicted molar refractivity (Wildman–Crippen MR) is 74.6 cm³/mol. The first kappa shape index (κ1) is 14.2. The van der Waals surface area contributed by atoms with E-state index < -0.39 is 11.8 Å². The van der Waals surface area contributed by atoms with Crippen molar-refractivity contribution in [3.05, 3.63) is 29.3 Å². The summed E-state index contributed by atoms with van der Waals surface area (Å²) in [5.74, 6) is -0.964. The maximum absolute atomic E-state index is 11.7. The van der Waals surface area contributed by atoms with Crippen LogP contribution in [-0.4, -0.2) is 30.3 Å². The van der Waals surface area contributed by atoms with Crippen LogP contribution in [-0.2, 0) is 4.79 Å². The summed E-state index contributed by atoms with van der Waals surface area (Å²) in [5, 5.41) is 8.07. The Morgan fingerprint density at radius 1 is 1.20 bits per heavy atom. The van der Waals surface area contributed by atoms with E-state index in [2.05, 4.69) is 16.0 Å². The molecule has 3 amide bonds. The fourth-order valence-corrected chi connectivity index (χ4v) is 1.94. The van der Waals surface area contributed by atoms with Crippen molar-refractivity contribution in [1.29, 1.82) is 0 Å². The van der Waals surface area contributed by atoms with Crippen LogP contribution in [0.5, 0.6) is 0 Å². The van der Waals surface area contributed by atoms with Gasteiger partial charge in [-0.25, -0.2) is 0 Å². The third-order valence-electron chi connectivity index (χ3n) is 2.92. The van der Waals surface area contributed by atoms with E-state index in [9.17, 15) is 14.4 Å². The molecule has 6 heteroatoms. The molecule has 0 bridgehead atoms. The number of rotatable bonds is 5. The van der Waals surface area contributed by atoms with Crippen molar-refractivity contribution in [2.75, 3.05) is 11.9 Å². The molecule has 3 N–H and O–H groups in total. The fourth-order valence-electron chi connectivity index (χ4n) is 1.94. The summed E-state index contributed by atoms with van der Waals surface area (Å²) in [6, 6.07) is 5.00. The van der Waals surface area contributed by atoms with Crippen molar-refractivity contribution in [3.63, 3.8) is 0 Å². The lowest BCUT2D eigenvalue weighted by Gasteiger charge is -2.09. The first-order chi connectivity index (χ1) is 9.47. The topological polar surface area (TPSA) is 87.3 Å². The van der Waals surface area contributed by atoms with Crippen LogP contribution in [0.15, 0.2) is 18.2 Å². The Labute approximate surface area is 116 Å². The zero-order valence-corrected chi connectivity index (χ0v) is 11.4. The molecule has 106 valence electrons. The number of hydrogen-bond donors (Lipinski definition) is 3. The van der Waals surface area contributed by atoms with Crippen LogP contribution in [0.4, 0.5) is 5.69 Å². The van der Waals surface area contributed by atoms with E-state index in [0.29, 0.717) is 35.8 Å². The SMILES string of the molecule is CC(C)NCCC(=O)Nc1ccc2c(c1)C(=O)NC2=O. The molecule has 0 atom stereocenters. The number of amides is 3. The summed E-state index contributed by atoms with van der Waals surface area (Å²) >= 11 is 0. The molecule has 1 aliphatic rings. The number of carbonyl (C=O) groups is 3. The Hall–Kier alpha value is -2.21. The molecule has 0 unspecified atom stereocenters. The quantitative estimate of drug-likeness (QED) is 0.697. The molecule has 0 aliphatic carbocycles. The predicted octanol–water partition coefficient (Wildman–Crippen LogP) is 0.897. The summed E-state index contributed by atoms with van der Waals surface area (Å²) < 4.78 is 0. The van der Waals surface area contributed by atoms with E-state index in [1.165, 1.54) is 12.1 Å². The van der Waals surface area contributed by atoms with Gasteiger partial charge < -0.3 is 10.6 Å². The number of benzene rings is 1. The first-order valence-corrected chi connectivity index (χ1v) is 6.50. The van der Waals surface area contributed by atoms with Crippen molar-refractivity contribution >= 4 is 23.4 Å². The fraction of sp³-hybridized carbons (Fsp3) is 0.357. The Balaban J connectivity index is 1.98. The molecule has 20 heavy (non-hydrogen) atoms. The smallest absolute Gasteiger partial charge is 0.259 e. The van der Waals surface area contributed by atoms with Crippen LogP contribution in [0.1, 0.15) is 41.0 Å². The highest BCUT2D eigenvalue weighted by atomic mass is 16.2. The Kier molecular flexibility index (Phi) is 4.14. The average Bonchev–Trinajstić information content (AvgIpc) is 2.64. The minimum absolute atomic E-state index is 0.136. The van der Waals surface area contributed by atoms with Gasteiger partial charge in [0.1, 0.15) is 0 Å². The molecule has 0 aromatic heterocycles. The number of carbonyl (C=O) groups excluding carboxylic acids is 3. The van der Waals surface area contributed by atoms with Gasteiger partial charge in [-0.3, -0.25) is 19.7 Å². The molecule has 0 saturated heterocycles. The molecular weight excluding hydrogens is 258 g/mol. The van der Waals surface area contributed by atoms with Gasteiger partial charge in [-0.15, -0.1) is 0 Å². The molecule has 6 nitrogen and oxygen atoms in total. The number of imide groups is 1. The summed E-state index contributed by atoms with van der Waals surface area (Å²) in [7, 11) is 0. The minimum atomic E-state index is -0.428. The summed E-state index contributed by atoms with van der Waals surface area (Å²) in [4.78, 5) is 34.6. The Morgan fingerprint density at radius 3 is 2.60 bits per heavy atom. The van der Waals surface area contributed by atoms with Crippen LogP contribution in [0.25, 0.3) is 0 Å². The highest BCUT2D eigenvalue weighted by Crippen LogP contribution is 2.20. The second-order valence-electron chi connectivity index (χ2n) is 4.95. The summed E-state index contributed by atoms with van der Waals surface area (Å²) in [6.07, 6.45) is 0.348. The second kappa shape index (κ2) is 5.83. The van der Waals surface area contributed by atoms with E-state index in [-0.39, 0.29) is 5.91 Å². The lowest BCUT2D eigenvalue weighted by molar-refractivity contribution is -0.116. The molecule has 0 saturated carbocycles. The molecular formula is C14H17N3O3. The zero-order valence-electron chi connectivity index (χ0n) is 11.4. The van der Waals surface area contributed by atoms with Crippen LogP contribution < -0.4 is 16.0 Å². The van der Waals surface area contributed by atoms with E-state index >= 15 is 0 Å². The standard InChI is InChI=1S/C14H17N3O3/c1-8(2)15-6-5-12(18)16-9-3-4-10-11(7-9)14(20)17-13(10)19/h3-4,7-8,15H,5-6H2,1-2H3,(H,16,18)(H,17,19,20). The van der Waals surface area contributed by atoms with Crippen molar-refractivity contribution in [3.8, 4) is 0 Å². The third kappa shape index (κ3) is 3.21. The molecule has 2 rings (SSSR count). The van der Waals surface area contributed by atoms with Crippen LogP contribution in [0, 0.1) is 0 Å². The Bertz CT molecular complexity index is 567. The van der Waals surface area contributed by atoms with E-state index in [4.69, 9.17) is 0 Å². The second-order valence-corrected chi connectivity index (χ2v) is 4.95. The first-order valence-electron chi connectivity index (χ1n) is 6.50. The van der Waals surface area contributed by atoms with Crippen LogP contribution in [0.3, 0.4) is 0 Å². The third-order valence-corrected chi connectivity index (χ3v) is 2.92. The van der Waals surface area contributed by atoms with Gasteiger partial charge >= 0.3 is 0 Å².